The molecule has 1 atom stereocenters. The van der Waals surface area contributed by atoms with Gasteiger partial charge in [0.25, 0.3) is 0 Å². The smallest absolute Gasteiger partial charge is 0.223 e. The van der Waals surface area contributed by atoms with E-state index in [-0.39, 0.29) is 17.7 Å². The maximum atomic E-state index is 12.3. The summed E-state index contributed by atoms with van der Waals surface area (Å²) in [6.07, 6.45) is 7.92. The minimum atomic E-state index is 0.152. The van der Waals surface area contributed by atoms with Gasteiger partial charge in [0.05, 0.1) is 0 Å². The zero-order valence-electron chi connectivity index (χ0n) is 17.1. The first-order valence-corrected chi connectivity index (χ1v) is 10.8. The van der Waals surface area contributed by atoms with Crippen molar-refractivity contribution in [1.82, 2.24) is 15.1 Å². The SMILES string of the molecule is CCC1CCN(C(=O)CCCNC(=O)C2CCN(C(C)CC)CC2)CC1. The molecule has 2 aliphatic heterocycles. The van der Waals surface area contributed by atoms with Crippen molar-refractivity contribution in [2.24, 2.45) is 11.8 Å². The Labute approximate surface area is 159 Å². The molecule has 2 aliphatic rings. The van der Waals surface area contributed by atoms with Gasteiger partial charge in [-0.3, -0.25) is 9.59 Å². The molecule has 2 amide bonds. The van der Waals surface area contributed by atoms with Crippen LogP contribution in [-0.2, 0) is 9.59 Å². The number of hydrogen-bond acceptors (Lipinski definition) is 3. The lowest BCUT2D eigenvalue weighted by Gasteiger charge is -2.35. The van der Waals surface area contributed by atoms with Crippen LogP contribution in [0.4, 0.5) is 0 Å². The predicted molar refractivity (Wildman–Crippen MR) is 106 cm³/mol. The van der Waals surface area contributed by atoms with Crippen molar-refractivity contribution < 1.29 is 9.59 Å². The minimum absolute atomic E-state index is 0.152. The number of carbonyl (C=O) groups excluding carboxylic acids is 2. The minimum Gasteiger partial charge on any atom is -0.356 e. The molecule has 2 fully saturated rings. The molecule has 0 aliphatic carbocycles. The van der Waals surface area contributed by atoms with Gasteiger partial charge in [0.1, 0.15) is 0 Å². The van der Waals surface area contributed by atoms with Crippen molar-refractivity contribution in [3.63, 3.8) is 0 Å². The number of nitrogens with zero attached hydrogens (tertiary/aromatic N) is 2. The normalized spacial score (nSPS) is 21.6. The van der Waals surface area contributed by atoms with Crippen LogP contribution in [0.2, 0.25) is 0 Å². The maximum Gasteiger partial charge on any atom is 0.223 e. The van der Waals surface area contributed by atoms with Gasteiger partial charge in [-0.25, -0.2) is 0 Å². The Morgan fingerprint density at radius 2 is 1.69 bits per heavy atom. The summed E-state index contributed by atoms with van der Waals surface area (Å²) in [6.45, 7) is 11.2. The summed E-state index contributed by atoms with van der Waals surface area (Å²) in [5, 5.41) is 3.06. The highest BCUT2D eigenvalue weighted by Crippen LogP contribution is 2.21. The van der Waals surface area contributed by atoms with E-state index in [1.807, 2.05) is 4.90 Å². The molecule has 1 unspecified atom stereocenters. The van der Waals surface area contributed by atoms with E-state index >= 15 is 0 Å². The zero-order valence-corrected chi connectivity index (χ0v) is 17.1. The molecule has 2 heterocycles. The quantitative estimate of drug-likeness (QED) is 0.673. The van der Waals surface area contributed by atoms with Crippen molar-refractivity contribution in [1.29, 1.82) is 0 Å². The Morgan fingerprint density at radius 3 is 2.27 bits per heavy atom. The number of amides is 2. The van der Waals surface area contributed by atoms with Gasteiger partial charge in [0.15, 0.2) is 0 Å². The molecule has 0 radical (unpaired) electrons. The molecule has 5 heteroatoms. The molecule has 1 N–H and O–H groups in total. The van der Waals surface area contributed by atoms with Gasteiger partial charge in [-0.2, -0.15) is 0 Å². The lowest BCUT2D eigenvalue weighted by molar-refractivity contribution is -0.133. The molecule has 150 valence electrons. The number of hydrogen-bond donors (Lipinski definition) is 1. The molecular formula is C21H39N3O2. The number of rotatable bonds is 8. The molecule has 26 heavy (non-hydrogen) atoms. The third kappa shape index (κ3) is 6.26. The summed E-state index contributed by atoms with van der Waals surface area (Å²) in [7, 11) is 0. The molecule has 0 bridgehead atoms. The number of nitrogens with one attached hydrogen (secondary N) is 1. The van der Waals surface area contributed by atoms with E-state index in [0.717, 1.165) is 64.2 Å². The maximum absolute atomic E-state index is 12.3. The average Bonchev–Trinajstić information content (AvgIpc) is 2.70. The highest BCUT2D eigenvalue weighted by atomic mass is 16.2. The first kappa shape index (κ1) is 21.2. The van der Waals surface area contributed by atoms with Crippen LogP contribution in [0.5, 0.6) is 0 Å². The van der Waals surface area contributed by atoms with E-state index in [1.54, 1.807) is 0 Å². The van der Waals surface area contributed by atoms with Gasteiger partial charge in [0.2, 0.25) is 11.8 Å². The second kappa shape index (κ2) is 10.9. The van der Waals surface area contributed by atoms with Crippen LogP contribution in [0.25, 0.3) is 0 Å². The van der Waals surface area contributed by atoms with Gasteiger partial charge in [-0.1, -0.05) is 20.3 Å². The first-order chi connectivity index (χ1) is 12.5. The van der Waals surface area contributed by atoms with Gasteiger partial charge in [0, 0.05) is 38.0 Å². The second-order valence-corrected chi connectivity index (χ2v) is 8.19. The Kier molecular flexibility index (Phi) is 8.89. The van der Waals surface area contributed by atoms with E-state index < -0.39 is 0 Å². The van der Waals surface area contributed by atoms with Gasteiger partial charge < -0.3 is 15.1 Å². The predicted octanol–water partition coefficient (Wildman–Crippen LogP) is 3.04. The van der Waals surface area contributed by atoms with Crippen LogP contribution >= 0.6 is 0 Å². The van der Waals surface area contributed by atoms with Crippen LogP contribution in [0, 0.1) is 11.8 Å². The van der Waals surface area contributed by atoms with Crippen LogP contribution in [0.1, 0.15) is 72.1 Å². The topological polar surface area (TPSA) is 52.7 Å². The molecule has 0 spiro atoms. The molecular weight excluding hydrogens is 326 g/mol. The molecule has 2 rings (SSSR count). The van der Waals surface area contributed by atoms with Crippen molar-refractivity contribution in [3.05, 3.63) is 0 Å². The van der Waals surface area contributed by atoms with Crippen LogP contribution < -0.4 is 5.32 Å². The van der Waals surface area contributed by atoms with E-state index in [9.17, 15) is 9.59 Å². The van der Waals surface area contributed by atoms with Crippen LogP contribution in [-0.4, -0.2) is 60.4 Å². The number of likely N-dealkylation sites (tertiary alicyclic amines) is 2. The third-order valence-corrected chi connectivity index (χ3v) is 6.53. The molecule has 0 aromatic heterocycles. The Morgan fingerprint density at radius 1 is 1.04 bits per heavy atom. The van der Waals surface area contributed by atoms with Crippen molar-refractivity contribution in [3.8, 4) is 0 Å². The largest absolute Gasteiger partial charge is 0.356 e. The third-order valence-electron chi connectivity index (χ3n) is 6.53. The standard InChI is InChI=1S/C21H39N3O2/c1-4-17(3)23-15-10-19(11-16-23)21(26)22-12-6-7-20(25)24-13-8-18(5-2)9-14-24/h17-19H,4-16H2,1-3H3,(H,22,26). The van der Waals surface area contributed by atoms with E-state index in [4.69, 9.17) is 0 Å². The number of carbonyl (C=O) groups is 2. The fraction of sp³-hybridized carbons (Fsp3) is 0.905. The zero-order chi connectivity index (χ0) is 18.9. The highest BCUT2D eigenvalue weighted by molar-refractivity contribution is 5.79. The Balaban J connectivity index is 1.57. The van der Waals surface area contributed by atoms with Gasteiger partial charge in [-0.05, 0) is 64.5 Å². The second-order valence-electron chi connectivity index (χ2n) is 8.19. The summed E-state index contributed by atoms with van der Waals surface area (Å²) >= 11 is 0. The van der Waals surface area contributed by atoms with Gasteiger partial charge in [-0.15, -0.1) is 0 Å². The summed E-state index contributed by atoms with van der Waals surface area (Å²) < 4.78 is 0. The summed E-state index contributed by atoms with van der Waals surface area (Å²) in [6, 6.07) is 0.618. The first-order valence-electron chi connectivity index (χ1n) is 10.8. The summed E-state index contributed by atoms with van der Waals surface area (Å²) in [5.74, 6) is 1.39. The number of piperidine rings is 2. The van der Waals surface area contributed by atoms with Gasteiger partial charge >= 0.3 is 0 Å². The lowest BCUT2D eigenvalue weighted by Crippen LogP contribution is -2.44. The summed E-state index contributed by atoms with van der Waals surface area (Å²) in [4.78, 5) is 29.1. The molecule has 0 aromatic rings. The fourth-order valence-corrected chi connectivity index (χ4v) is 4.20. The van der Waals surface area contributed by atoms with Crippen molar-refractivity contribution >= 4 is 11.8 Å². The Hall–Kier alpha value is -1.10. The molecule has 0 saturated carbocycles. The summed E-state index contributed by atoms with van der Waals surface area (Å²) in [5.41, 5.74) is 0. The Bertz CT molecular complexity index is 439. The molecule has 0 aromatic carbocycles. The lowest BCUT2D eigenvalue weighted by atomic mass is 9.94. The average molecular weight is 366 g/mol. The van der Waals surface area contributed by atoms with E-state index in [0.29, 0.717) is 19.0 Å². The van der Waals surface area contributed by atoms with E-state index in [2.05, 4.69) is 31.0 Å². The molecule has 2 saturated heterocycles. The molecule has 5 nitrogen and oxygen atoms in total. The van der Waals surface area contributed by atoms with Crippen LogP contribution in [0.15, 0.2) is 0 Å². The van der Waals surface area contributed by atoms with Crippen LogP contribution in [0.3, 0.4) is 0 Å². The van der Waals surface area contributed by atoms with Crippen molar-refractivity contribution in [2.75, 3.05) is 32.7 Å². The van der Waals surface area contributed by atoms with E-state index in [1.165, 1.54) is 12.8 Å². The highest BCUT2D eigenvalue weighted by Gasteiger charge is 2.26. The fourth-order valence-electron chi connectivity index (χ4n) is 4.20. The monoisotopic (exact) mass is 365 g/mol. The van der Waals surface area contributed by atoms with Crippen molar-refractivity contribution in [2.45, 2.75) is 78.2 Å².